The second-order valence-corrected chi connectivity index (χ2v) is 13.2. The highest BCUT2D eigenvalue weighted by molar-refractivity contribution is 5.25. The topological polar surface area (TPSA) is 0 Å². The van der Waals surface area contributed by atoms with E-state index in [1.165, 1.54) is 70.6 Å². The van der Waals surface area contributed by atoms with Crippen LogP contribution in [0.15, 0.2) is 11.6 Å². The van der Waals surface area contributed by atoms with Crippen molar-refractivity contribution in [3.05, 3.63) is 11.6 Å². The zero-order chi connectivity index (χ0) is 21.0. The van der Waals surface area contributed by atoms with E-state index < -0.39 is 0 Å². The molecule has 0 saturated heterocycles. The maximum absolute atomic E-state index is 2.75. The van der Waals surface area contributed by atoms with E-state index in [1.807, 2.05) is 5.57 Å². The van der Waals surface area contributed by atoms with E-state index in [0.29, 0.717) is 16.2 Å². The van der Waals surface area contributed by atoms with E-state index >= 15 is 0 Å². The van der Waals surface area contributed by atoms with Gasteiger partial charge in [-0.3, -0.25) is 0 Å². The maximum atomic E-state index is 2.75. The fourth-order valence-corrected chi connectivity index (χ4v) is 9.11. The highest BCUT2D eigenvalue weighted by Gasteiger charge is 2.63. The Bertz CT molecular complexity index is 628. The van der Waals surface area contributed by atoms with Gasteiger partial charge in [-0.2, -0.15) is 0 Å². The largest absolute Gasteiger partial charge is 0.0845 e. The minimum Gasteiger partial charge on any atom is -0.0845 e. The van der Waals surface area contributed by atoms with Crippen molar-refractivity contribution < 1.29 is 0 Å². The van der Waals surface area contributed by atoms with E-state index in [2.05, 4.69) is 54.5 Å². The number of hydrogen-bond acceptors (Lipinski definition) is 0. The van der Waals surface area contributed by atoms with E-state index in [0.717, 1.165) is 35.5 Å². The standard InChI is InChI=1S/C29H50/c1-20(2)9-8-10-22(4)28(6)17-15-26-24-12-11-23-19-21(3)13-16-27(23,5)25(24)14-18-29(26,28)7/h11,20-22,24-26H,8-10,12-19H2,1-7H3. The average molecular weight is 399 g/mol. The summed E-state index contributed by atoms with van der Waals surface area (Å²) in [5.41, 5.74) is 3.54. The smallest absolute Gasteiger partial charge is 0.00851 e. The SMILES string of the molecule is CC(C)CCCC(C)C1(C)CCC2C3CC=C4CC(C)CCC4(C)C3CCC21C. The van der Waals surface area contributed by atoms with Gasteiger partial charge in [0.25, 0.3) is 0 Å². The molecule has 3 saturated carbocycles. The summed E-state index contributed by atoms with van der Waals surface area (Å²) < 4.78 is 0. The van der Waals surface area contributed by atoms with Crippen LogP contribution in [-0.2, 0) is 0 Å². The van der Waals surface area contributed by atoms with Crippen LogP contribution in [0.1, 0.15) is 119 Å². The van der Waals surface area contributed by atoms with Crippen LogP contribution in [0.3, 0.4) is 0 Å². The lowest BCUT2D eigenvalue weighted by Gasteiger charge is -2.60. The van der Waals surface area contributed by atoms with E-state index in [9.17, 15) is 0 Å². The van der Waals surface area contributed by atoms with Gasteiger partial charge >= 0.3 is 0 Å². The summed E-state index contributed by atoms with van der Waals surface area (Å²) in [7, 11) is 0. The molecule has 0 heteroatoms. The van der Waals surface area contributed by atoms with Crippen molar-refractivity contribution in [2.45, 2.75) is 119 Å². The summed E-state index contributed by atoms with van der Waals surface area (Å²) in [6, 6.07) is 0. The fraction of sp³-hybridized carbons (Fsp3) is 0.931. The Kier molecular flexibility index (Phi) is 5.83. The van der Waals surface area contributed by atoms with Crippen molar-refractivity contribution in [2.75, 3.05) is 0 Å². The third-order valence-corrected chi connectivity index (χ3v) is 11.5. The van der Waals surface area contributed by atoms with Crippen molar-refractivity contribution in [2.24, 2.45) is 51.8 Å². The Morgan fingerprint density at radius 2 is 1.66 bits per heavy atom. The van der Waals surface area contributed by atoms with Crippen molar-refractivity contribution in [3.63, 3.8) is 0 Å². The van der Waals surface area contributed by atoms with Gasteiger partial charge in [-0.25, -0.2) is 0 Å². The summed E-state index contributed by atoms with van der Waals surface area (Å²) in [5, 5.41) is 0. The molecule has 0 spiro atoms. The predicted octanol–water partition coefficient (Wildman–Crippen LogP) is 9.05. The number of rotatable bonds is 5. The van der Waals surface area contributed by atoms with Crippen LogP contribution in [0.25, 0.3) is 0 Å². The molecular formula is C29H50. The quantitative estimate of drug-likeness (QED) is 0.405. The average Bonchev–Trinajstić information content (AvgIpc) is 2.94. The normalized spacial score (nSPS) is 47.9. The zero-order valence-corrected chi connectivity index (χ0v) is 20.8. The molecule has 4 rings (SSSR count). The summed E-state index contributed by atoms with van der Waals surface area (Å²) in [6.45, 7) is 18.0. The Hall–Kier alpha value is -0.260. The molecule has 0 radical (unpaired) electrons. The molecule has 0 N–H and O–H groups in total. The van der Waals surface area contributed by atoms with E-state index in [4.69, 9.17) is 0 Å². The van der Waals surface area contributed by atoms with Gasteiger partial charge in [0.05, 0.1) is 0 Å². The molecule has 8 unspecified atom stereocenters. The third-order valence-electron chi connectivity index (χ3n) is 11.5. The lowest BCUT2D eigenvalue weighted by molar-refractivity contribution is -0.0864. The molecule has 0 aromatic heterocycles. The Morgan fingerprint density at radius 1 is 0.931 bits per heavy atom. The first-order valence-electron chi connectivity index (χ1n) is 13.3. The molecule has 0 amide bonds. The number of fused-ring (bicyclic) bond motifs is 5. The van der Waals surface area contributed by atoms with Crippen molar-refractivity contribution in [3.8, 4) is 0 Å². The summed E-state index contributed by atoms with van der Waals surface area (Å²) in [4.78, 5) is 0. The molecule has 166 valence electrons. The highest BCUT2D eigenvalue weighted by atomic mass is 14.7. The van der Waals surface area contributed by atoms with Gasteiger partial charge in [-0.05, 0) is 103 Å². The van der Waals surface area contributed by atoms with Crippen LogP contribution in [0.2, 0.25) is 0 Å². The minimum absolute atomic E-state index is 0.540. The molecule has 0 aromatic rings. The first kappa shape index (κ1) is 22.0. The van der Waals surface area contributed by atoms with E-state index in [1.54, 1.807) is 0 Å². The molecule has 0 bridgehead atoms. The second-order valence-electron chi connectivity index (χ2n) is 13.2. The first-order valence-corrected chi connectivity index (χ1v) is 13.3. The van der Waals surface area contributed by atoms with Gasteiger partial charge in [0.1, 0.15) is 0 Å². The molecule has 0 nitrogen and oxygen atoms in total. The maximum Gasteiger partial charge on any atom is -0.00851 e. The fourth-order valence-electron chi connectivity index (χ4n) is 9.11. The van der Waals surface area contributed by atoms with Gasteiger partial charge in [0.2, 0.25) is 0 Å². The van der Waals surface area contributed by atoms with Crippen molar-refractivity contribution >= 4 is 0 Å². The molecule has 0 heterocycles. The number of allylic oxidation sites excluding steroid dienone is 2. The number of hydrogen-bond donors (Lipinski definition) is 0. The third kappa shape index (κ3) is 3.38. The Balaban J connectivity index is 1.54. The predicted molar refractivity (Wildman–Crippen MR) is 127 cm³/mol. The monoisotopic (exact) mass is 398 g/mol. The summed E-state index contributed by atoms with van der Waals surface area (Å²) in [6.07, 6.45) is 18.8. The van der Waals surface area contributed by atoms with Crippen LogP contribution in [0.4, 0.5) is 0 Å². The molecule has 8 atom stereocenters. The molecule has 29 heavy (non-hydrogen) atoms. The molecular weight excluding hydrogens is 348 g/mol. The minimum atomic E-state index is 0.540. The van der Waals surface area contributed by atoms with Crippen LogP contribution >= 0.6 is 0 Å². The van der Waals surface area contributed by atoms with Gasteiger partial charge in [-0.1, -0.05) is 79.4 Å². The molecule has 4 aliphatic carbocycles. The molecule has 0 aromatic carbocycles. The zero-order valence-electron chi connectivity index (χ0n) is 20.8. The van der Waals surface area contributed by atoms with Crippen LogP contribution in [0.5, 0.6) is 0 Å². The van der Waals surface area contributed by atoms with Crippen molar-refractivity contribution in [1.29, 1.82) is 0 Å². The highest BCUT2D eigenvalue weighted by Crippen LogP contribution is 2.71. The van der Waals surface area contributed by atoms with Gasteiger partial charge in [-0.15, -0.1) is 0 Å². The Morgan fingerprint density at radius 3 is 2.38 bits per heavy atom. The summed E-state index contributed by atoms with van der Waals surface area (Å²) >= 11 is 0. The molecule has 4 aliphatic rings. The van der Waals surface area contributed by atoms with Crippen LogP contribution < -0.4 is 0 Å². The van der Waals surface area contributed by atoms with Crippen molar-refractivity contribution in [1.82, 2.24) is 0 Å². The lowest BCUT2D eigenvalue weighted by Crippen LogP contribution is -2.52. The first-order chi connectivity index (χ1) is 13.6. The summed E-state index contributed by atoms with van der Waals surface area (Å²) in [5.74, 6) is 5.59. The lowest BCUT2D eigenvalue weighted by atomic mass is 9.44. The van der Waals surface area contributed by atoms with Gasteiger partial charge in [0.15, 0.2) is 0 Å². The van der Waals surface area contributed by atoms with Gasteiger partial charge < -0.3 is 0 Å². The van der Waals surface area contributed by atoms with Crippen LogP contribution in [0, 0.1) is 51.8 Å². The van der Waals surface area contributed by atoms with E-state index in [-0.39, 0.29) is 0 Å². The molecule has 0 aliphatic heterocycles. The van der Waals surface area contributed by atoms with Crippen LogP contribution in [-0.4, -0.2) is 0 Å². The van der Waals surface area contributed by atoms with Gasteiger partial charge in [0, 0.05) is 0 Å². The Labute approximate surface area is 182 Å². The molecule has 3 fully saturated rings. The second kappa shape index (κ2) is 7.70.